The van der Waals surface area contributed by atoms with E-state index in [-0.39, 0.29) is 24.3 Å². The number of rotatable bonds is 3. The summed E-state index contributed by atoms with van der Waals surface area (Å²) in [6.45, 7) is 3.86. The zero-order valence-corrected chi connectivity index (χ0v) is 15.6. The molecule has 138 valence electrons. The van der Waals surface area contributed by atoms with Gasteiger partial charge in [0.15, 0.2) is 5.82 Å². The monoisotopic (exact) mass is 374 g/mol. The van der Waals surface area contributed by atoms with E-state index >= 15 is 0 Å². The van der Waals surface area contributed by atoms with Crippen LogP contribution in [0.15, 0.2) is 16.0 Å². The minimum Gasteiger partial charge on any atom is -0.340 e. The number of aromatic nitrogens is 2. The van der Waals surface area contributed by atoms with E-state index in [1.807, 2.05) is 16.3 Å². The molecular formula is C18H22N4O3S. The third-order valence-corrected chi connectivity index (χ3v) is 6.07. The zero-order valence-electron chi connectivity index (χ0n) is 14.8. The number of piperidine rings is 1. The Morgan fingerprint density at radius 2 is 2.27 bits per heavy atom. The molecule has 2 aromatic heterocycles. The van der Waals surface area contributed by atoms with Crippen LogP contribution in [-0.4, -0.2) is 57.9 Å². The molecule has 0 saturated carbocycles. The quantitative estimate of drug-likeness (QED) is 0.823. The average molecular weight is 374 g/mol. The van der Waals surface area contributed by atoms with Crippen molar-refractivity contribution in [2.24, 2.45) is 0 Å². The molecule has 2 aliphatic heterocycles. The summed E-state index contributed by atoms with van der Waals surface area (Å²) >= 11 is 1.63. The minimum absolute atomic E-state index is 0.00188. The average Bonchev–Trinajstić information content (AvgIpc) is 3.26. The maximum absolute atomic E-state index is 12.8. The molecule has 4 heterocycles. The first kappa shape index (κ1) is 17.2. The molecule has 1 fully saturated rings. The Balaban J connectivity index is 1.42. The summed E-state index contributed by atoms with van der Waals surface area (Å²) in [6.07, 6.45) is 3.65. The third-order valence-electron chi connectivity index (χ3n) is 5.09. The Bertz CT molecular complexity index is 815. The first-order valence-electron chi connectivity index (χ1n) is 9.05. The van der Waals surface area contributed by atoms with Crippen LogP contribution >= 0.6 is 11.3 Å². The maximum atomic E-state index is 12.8. The fraction of sp³-hybridized carbons (Fsp3) is 0.556. The molecule has 7 nitrogen and oxygen atoms in total. The summed E-state index contributed by atoms with van der Waals surface area (Å²) in [5.74, 6) is 1.28. The first-order chi connectivity index (χ1) is 12.6. The smallest absolute Gasteiger partial charge is 0.255 e. The molecule has 0 spiro atoms. The van der Waals surface area contributed by atoms with Gasteiger partial charge in [-0.3, -0.25) is 9.59 Å². The van der Waals surface area contributed by atoms with E-state index in [2.05, 4.69) is 10.1 Å². The molecule has 26 heavy (non-hydrogen) atoms. The first-order valence-corrected chi connectivity index (χ1v) is 9.93. The van der Waals surface area contributed by atoms with Crippen molar-refractivity contribution in [1.82, 2.24) is 19.9 Å². The molecule has 1 saturated heterocycles. The van der Waals surface area contributed by atoms with Gasteiger partial charge in [-0.05, 0) is 44.1 Å². The SMILES string of the molecule is Cc1noc([C@H]2CCCN(C(=O)CN3CCCc4sccc4C3=O)C2)n1. The highest BCUT2D eigenvalue weighted by atomic mass is 32.1. The Hall–Kier alpha value is -2.22. The van der Waals surface area contributed by atoms with Crippen LogP contribution in [0, 0.1) is 6.92 Å². The molecular weight excluding hydrogens is 352 g/mol. The van der Waals surface area contributed by atoms with E-state index in [0.717, 1.165) is 36.1 Å². The van der Waals surface area contributed by atoms with Crippen LogP contribution in [0.1, 0.15) is 52.1 Å². The molecule has 2 aromatic rings. The topological polar surface area (TPSA) is 79.5 Å². The van der Waals surface area contributed by atoms with Crippen LogP contribution in [-0.2, 0) is 11.2 Å². The summed E-state index contributed by atoms with van der Waals surface area (Å²) in [6, 6.07) is 1.87. The van der Waals surface area contributed by atoms with Gasteiger partial charge in [0, 0.05) is 24.5 Å². The van der Waals surface area contributed by atoms with E-state index in [4.69, 9.17) is 4.52 Å². The van der Waals surface area contributed by atoms with Crippen LogP contribution in [0.5, 0.6) is 0 Å². The van der Waals surface area contributed by atoms with Crippen molar-refractivity contribution in [3.8, 4) is 0 Å². The van der Waals surface area contributed by atoms with Crippen LogP contribution in [0.2, 0.25) is 0 Å². The predicted molar refractivity (Wildman–Crippen MR) is 96.1 cm³/mol. The van der Waals surface area contributed by atoms with Crippen molar-refractivity contribution < 1.29 is 14.1 Å². The highest BCUT2D eigenvalue weighted by Gasteiger charge is 2.31. The summed E-state index contributed by atoms with van der Waals surface area (Å²) in [5, 5.41) is 5.80. The van der Waals surface area contributed by atoms with Crippen molar-refractivity contribution in [3.05, 3.63) is 33.6 Å². The standard InChI is InChI=1S/C18H22N4O3S/c1-12-19-17(25-20-12)13-4-2-7-21(10-13)16(23)11-22-8-3-5-15-14(18(22)24)6-9-26-15/h6,9,13H,2-5,7-8,10-11H2,1H3/t13-/m0/s1. The molecule has 0 aliphatic carbocycles. The van der Waals surface area contributed by atoms with Crippen LogP contribution in [0.3, 0.4) is 0 Å². The number of nitrogens with zero attached hydrogens (tertiary/aromatic N) is 4. The number of carbonyl (C=O) groups is 2. The van der Waals surface area contributed by atoms with Gasteiger partial charge in [-0.15, -0.1) is 11.3 Å². The number of carbonyl (C=O) groups excluding carboxylic acids is 2. The Labute approximate surface area is 156 Å². The lowest BCUT2D eigenvalue weighted by molar-refractivity contribution is -0.133. The van der Waals surface area contributed by atoms with E-state index < -0.39 is 0 Å². The Kier molecular flexibility index (Phi) is 4.76. The van der Waals surface area contributed by atoms with E-state index in [0.29, 0.717) is 31.3 Å². The molecule has 1 atom stereocenters. The van der Waals surface area contributed by atoms with Gasteiger partial charge >= 0.3 is 0 Å². The van der Waals surface area contributed by atoms with Gasteiger partial charge < -0.3 is 14.3 Å². The third kappa shape index (κ3) is 3.38. The minimum atomic E-state index is -0.0202. The number of likely N-dealkylation sites (tertiary alicyclic amines) is 1. The van der Waals surface area contributed by atoms with Crippen LogP contribution in [0.25, 0.3) is 0 Å². The number of fused-ring (bicyclic) bond motifs is 1. The number of hydrogen-bond donors (Lipinski definition) is 0. The molecule has 0 aromatic carbocycles. The van der Waals surface area contributed by atoms with Gasteiger partial charge in [-0.1, -0.05) is 5.16 Å². The predicted octanol–water partition coefficient (Wildman–Crippen LogP) is 2.23. The second kappa shape index (κ2) is 7.19. The van der Waals surface area contributed by atoms with Gasteiger partial charge in [0.2, 0.25) is 11.8 Å². The van der Waals surface area contributed by atoms with Gasteiger partial charge in [0.25, 0.3) is 5.91 Å². The number of thiophene rings is 1. The summed E-state index contributed by atoms with van der Waals surface area (Å²) in [4.78, 5) is 34.5. The van der Waals surface area contributed by atoms with Gasteiger partial charge in [0.05, 0.1) is 11.5 Å². The molecule has 4 rings (SSSR count). The molecule has 8 heteroatoms. The fourth-order valence-electron chi connectivity index (χ4n) is 3.73. The summed E-state index contributed by atoms with van der Waals surface area (Å²) in [7, 11) is 0. The lowest BCUT2D eigenvalue weighted by Crippen LogP contribution is -2.46. The fourth-order valence-corrected chi connectivity index (χ4v) is 4.64. The molecule has 0 bridgehead atoms. The van der Waals surface area contributed by atoms with E-state index in [1.165, 1.54) is 0 Å². The highest BCUT2D eigenvalue weighted by molar-refractivity contribution is 7.10. The van der Waals surface area contributed by atoms with Gasteiger partial charge in [-0.2, -0.15) is 4.98 Å². The van der Waals surface area contributed by atoms with Crippen LogP contribution < -0.4 is 0 Å². The largest absolute Gasteiger partial charge is 0.340 e. The maximum Gasteiger partial charge on any atom is 0.255 e. The normalized spacial score (nSPS) is 20.8. The van der Waals surface area contributed by atoms with Gasteiger partial charge in [0.1, 0.15) is 6.54 Å². The Morgan fingerprint density at radius 3 is 3.08 bits per heavy atom. The second-order valence-corrected chi connectivity index (χ2v) is 7.95. The highest BCUT2D eigenvalue weighted by Crippen LogP contribution is 2.27. The number of hydrogen-bond acceptors (Lipinski definition) is 6. The molecule has 2 amide bonds. The van der Waals surface area contributed by atoms with Crippen molar-refractivity contribution >= 4 is 23.2 Å². The summed E-state index contributed by atoms with van der Waals surface area (Å²) < 4.78 is 5.28. The van der Waals surface area contributed by atoms with E-state index in [9.17, 15) is 9.59 Å². The Morgan fingerprint density at radius 1 is 1.38 bits per heavy atom. The molecule has 2 aliphatic rings. The molecule has 0 N–H and O–H groups in total. The molecule has 0 radical (unpaired) electrons. The van der Waals surface area contributed by atoms with E-state index in [1.54, 1.807) is 23.2 Å². The zero-order chi connectivity index (χ0) is 18.1. The van der Waals surface area contributed by atoms with Crippen LogP contribution in [0.4, 0.5) is 0 Å². The van der Waals surface area contributed by atoms with Crippen molar-refractivity contribution in [2.75, 3.05) is 26.2 Å². The molecule has 0 unspecified atom stereocenters. The summed E-state index contributed by atoms with van der Waals surface area (Å²) in [5.41, 5.74) is 0.762. The van der Waals surface area contributed by atoms with Crippen molar-refractivity contribution in [3.63, 3.8) is 0 Å². The lowest BCUT2D eigenvalue weighted by atomic mass is 9.98. The second-order valence-electron chi connectivity index (χ2n) is 6.95. The number of amides is 2. The van der Waals surface area contributed by atoms with Gasteiger partial charge in [-0.25, -0.2) is 0 Å². The number of aryl methyl sites for hydroxylation is 2. The van der Waals surface area contributed by atoms with Crippen molar-refractivity contribution in [2.45, 2.75) is 38.5 Å². The lowest BCUT2D eigenvalue weighted by Gasteiger charge is -2.32. The van der Waals surface area contributed by atoms with Crippen molar-refractivity contribution in [1.29, 1.82) is 0 Å².